The Balaban J connectivity index is 1.73. The van der Waals surface area contributed by atoms with Crippen molar-refractivity contribution in [1.82, 2.24) is 4.31 Å². The highest BCUT2D eigenvalue weighted by atomic mass is 32.2. The number of anilines is 2. The average molecular weight is 380 g/mol. The monoisotopic (exact) mass is 379 g/mol. The van der Waals surface area contributed by atoms with Gasteiger partial charge in [0.25, 0.3) is 0 Å². The van der Waals surface area contributed by atoms with Crippen LogP contribution in [0.2, 0.25) is 0 Å². The van der Waals surface area contributed by atoms with Crippen LogP contribution in [-0.4, -0.2) is 50.1 Å². The van der Waals surface area contributed by atoms with Crippen molar-refractivity contribution >= 4 is 27.3 Å². The zero-order valence-corrected chi connectivity index (χ0v) is 16.7. The van der Waals surface area contributed by atoms with Gasteiger partial charge in [-0.05, 0) is 69.7 Å². The van der Waals surface area contributed by atoms with E-state index in [0.717, 1.165) is 24.2 Å². The van der Waals surface area contributed by atoms with Crippen molar-refractivity contribution in [2.75, 3.05) is 29.6 Å². The van der Waals surface area contributed by atoms with E-state index < -0.39 is 16.1 Å². The molecule has 3 rings (SSSR count). The summed E-state index contributed by atoms with van der Waals surface area (Å²) in [5, 5.41) is 2.93. The summed E-state index contributed by atoms with van der Waals surface area (Å²) >= 11 is 0. The second-order valence-electron chi connectivity index (χ2n) is 7.56. The molecule has 1 aromatic rings. The standard InChI is InChI=1S/C19H29N3O3S/c1-14-13-16(21-11-5-4-7-15(21)2)9-10-17(14)20-19(23)18-8-6-12-22(18)26(3,24)25/h9-10,13,15,18H,4-8,11-12H2,1-3H3,(H,20,23)/t15-,18-/m1/s1. The number of hydrogen-bond donors (Lipinski definition) is 1. The van der Waals surface area contributed by atoms with Crippen molar-refractivity contribution in [3.05, 3.63) is 23.8 Å². The van der Waals surface area contributed by atoms with Gasteiger partial charge in [0.2, 0.25) is 15.9 Å². The van der Waals surface area contributed by atoms with Gasteiger partial charge in [0.15, 0.2) is 0 Å². The highest BCUT2D eigenvalue weighted by Crippen LogP contribution is 2.29. The van der Waals surface area contributed by atoms with E-state index in [2.05, 4.69) is 23.2 Å². The molecule has 2 fully saturated rings. The first kappa shape index (κ1) is 19.2. The van der Waals surface area contributed by atoms with E-state index in [1.54, 1.807) is 0 Å². The number of carbonyl (C=O) groups is 1. The predicted octanol–water partition coefficient (Wildman–Crippen LogP) is 2.74. The van der Waals surface area contributed by atoms with Gasteiger partial charge in [-0.2, -0.15) is 4.31 Å². The quantitative estimate of drug-likeness (QED) is 0.873. The van der Waals surface area contributed by atoms with E-state index in [1.165, 1.54) is 35.5 Å². The number of sulfonamides is 1. The molecule has 1 aromatic carbocycles. The molecular formula is C19H29N3O3S. The normalized spacial score (nSPS) is 24.7. The molecule has 1 amide bonds. The maximum absolute atomic E-state index is 12.6. The number of amides is 1. The number of nitrogens with one attached hydrogen (secondary N) is 1. The van der Waals surface area contributed by atoms with E-state index in [-0.39, 0.29) is 5.91 Å². The minimum Gasteiger partial charge on any atom is -0.369 e. The van der Waals surface area contributed by atoms with E-state index >= 15 is 0 Å². The van der Waals surface area contributed by atoms with Gasteiger partial charge in [-0.25, -0.2) is 8.42 Å². The van der Waals surface area contributed by atoms with Gasteiger partial charge in [0.05, 0.1) is 6.26 Å². The van der Waals surface area contributed by atoms with E-state index in [9.17, 15) is 13.2 Å². The van der Waals surface area contributed by atoms with Crippen molar-refractivity contribution < 1.29 is 13.2 Å². The molecule has 2 aliphatic heterocycles. The second-order valence-corrected chi connectivity index (χ2v) is 9.49. The number of piperidine rings is 1. The van der Waals surface area contributed by atoms with Crippen LogP contribution >= 0.6 is 0 Å². The molecule has 0 aromatic heterocycles. The fourth-order valence-electron chi connectivity index (χ4n) is 4.06. The third-order valence-corrected chi connectivity index (χ3v) is 6.82. The first-order chi connectivity index (χ1) is 12.3. The van der Waals surface area contributed by atoms with Crippen LogP contribution in [0.5, 0.6) is 0 Å². The summed E-state index contributed by atoms with van der Waals surface area (Å²) in [6.45, 7) is 5.72. The van der Waals surface area contributed by atoms with Crippen LogP contribution in [0.25, 0.3) is 0 Å². The van der Waals surface area contributed by atoms with Crippen molar-refractivity contribution in [3.63, 3.8) is 0 Å². The van der Waals surface area contributed by atoms with Crippen molar-refractivity contribution in [3.8, 4) is 0 Å². The first-order valence-electron chi connectivity index (χ1n) is 9.42. The Labute approximate surface area is 156 Å². The highest BCUT2D eigenvalue weighted by Gasteiger charge is 2.36. The summed E-state index contributed by atoms with van der Waals surface area (Å²) in [5.74, 6) is -0.241. The summed E-state index contributed by atoms with van der Waals surface area (Å²) in [4.78, 5) is 15.1. The maximum Gasteiger partial charge on any atom is 0.242 e. The lowest BCUT2D eigenvalue weighted by Gasteiger charge is -2.35. The molecule has 0 spiro atoms. The zero-order chi connectivity index (χ0) is 18.9. The van der Waals surface area contributed by atoms with Crippen LogP contribution in [0.3, 0.4) is 0 Å². The lowest BCUT2D eigenvalue weighted by atomic mass is 10.0. The third-order valence-electron chi connectivity index (χ3n) is 5.53. The fourth-order valence-corrected chi connectivity index (χ4v) is 5.19. The largest absolute Gasteiger partial charge is 0.369 e. The Morgan fingerprint density at radius 3 is 2.58 bits per heavy atom. The summed E-state index contributed by atoms with van der Waals surface area (Å²) < 4.78 is 25.0. The lowest BCUT2D eigenvalue weighted by molar-refractivity contribution is -0.119. The molecule has 1 N–H and O–H groups in total. The van der Waals surface area contributed by atoms with Gasteiger partial charge in [0, 0.05) is 30.5 Å². The molecular weight excluding hydrogens is 350 g/mol. The van der Waals surface area contributed by atoms with Gasteiger partial charge >= 0.3 is 0 Å². The smallest absolute Gasteiger partial charge is 0.242 e. The average Bonchev–Trinajstić information content (AvgIpc) is 3.07. The van der Waals surface area contributed by atoms with Crippen molar-refractivity contribution in [2.45, 2.75) is 58.0 Å². The lowest BCUT2D eigenvalue weighted by Crippen LogP contribution is -2.42. The molecule has 2 saturated heterocycles. The van der Waals surface area contributed by atoms with Gasteiger partial charge in [-0.3, -0.25) is 4.79 Å². The number of rotatable bonds is 4. The predicted molar refractivity (Wildman–Crippen MR) is 105 cm³/mol. The summed E-state index contributed by atoms with van der Waals surface area (Å²) in [5.41, 5.74) is 2.94. The molecule has 144 valence electrons. The van der Waals surface area contributed by atoms with Crippen LogP contribution < -0.4 is 10.2 Å². The molecule has 0 bridgehead atoms. The Hall–Kier alpha value is -1.60. The van der Waals surface area contributed by atoms with E-state index in [4.69, 9.17) is 0 Å². The molecule has 2 heterocycles. The molecule has 26 heavy (non-hydrogen) atoms. The topological polar surface area (TPSA) is 69.7 Å². The Morgan fingerprint density at radius 2 is 1.92 bits per heavy atom. The Morgan fingerprint density at radius 1 is 1.15 bits per heavy atom. The number of aryl methyl sites for hydroxylation is 1. The molecule has 6 nitrogen and oxygen atoms in total. The maximum atomic E-state index is 12.6. The molecule has 0 aliphatic carbocycles. The minimum atomic E-state index is -3.36. The van der Waals surface area contributed by atoms with Crippen LogP contribution in [-0.2, 0) is 14.8 Å². The van der Waals surface area contributed by atoms with Crippen LogP contribution in [0.1, 0.15) is 44.6 Å². The van der Waals surface area contributed by atoms with Crippen LogP contribution in [0.15, 0.2) is 18.2 Å². The highest BCUT2D eigenvalue weighted by molar-refractivity contribution is 7.88. The molecule has 7 heteroatoms. The third kappa shape index (κ3) is 4.04. The SMILES string of the molecule is Cc1cc(N2CCCC[C@H]2C)ccc1NC(=O)[C@H]1CCCN1S(C)(=O)=O. The molecule has 0 unspecified atom stereocenters. The molecule has 0 saturated carbocycles. The van der Waals surface area contributed by atoms with Crippen molar-refractivity contribution in [2.24, 2.45) is 0 Å². The fraction of sp³-hybridized carbons (Fsp3) is 0.632. The summed E-state index contributed by atoms with van der Waals surface area (Å²) in [6.07, 6.45) is 6.16. The molecule has 2 atom stereocenters. The van der Waals surface area contributed by atoms with E-state index in [1.807, 2.05) is 19.1 Å². The number of carbonyl (C=O) groups excluding carboxylic acids is 1. The van der Waals surface area contributed by atoms with Gasteiger partial charge < -0.3 is 10.2 Å². The minimum absolute atomic E-state index is 0.241. The summed E-state index contributed by atoms with van der Waals surface area (Å²) in [6, 6.07) is 6.02. The second kappa shape index (κ2) is 7.56. The van der Waals surface area contributed by atoms with Crippen molar-refractivity contribution in [1.29, 1.82) is 0 Å². The zero-order valence-electron chi connectivity index (χ0n) is 15.9. The Bertz CT molecular complexity index is 778. The van der Waals surface area contributed by atoms with E-state index in [0.29, 0.717) is 19.0 Å². The number of nitrogens with zero attached hydrogens (tertiary/aromatic N) is 2. The number of hydrogen-bond acceptors (Lipinski definition) is 4. The van der Waals surface area contributed by atoms with Gasteiger partial charge in [-0.15, -0.1) is 0 Å². The van der Waals surface area contributed by atoms with Gasteiger partial charge in [-0.1, -0.05) is 0 Å². The van der Waals surface area contributed by atoms with Gasteiger partial charge in [0.1, 0.15) is 6.04 Å². The molecule has 0 radical (unpaired) electrons. The Kier molecular flexibility index (Phi) is 5.58. The molecule has 2 aliphatic rings. The number of benzene rings is 1. The van der Waals surface area contributed by atoms with Crippen LogP contribution in [0, 0.1) is 6.92 Å². The first-order valence-corrected chi connectivity index (χ1v) is 11.3. The van der Waals surface area contributed by atoms with Crippen LogP contribution in [0.4, 0.5) is 11.4 Å². The summed E-state index contributed by atoms with van der Waals surface area (Å²) in [7, 11) is -3.36.